The van der Waals surface area contributed by atoms with Crippen LogP contribution in [0.3, 0.4) is 0 Å². The Kier molecular flexibility index (Phi) is 7.03. The van der Waals surface area contributed by atoms with E-state index in [2.05, 4.69) is 35.3 Å². The topological polar surface area (TPSA) is 158 Å². The van der Waals surface area contributed by atoms with Crippen molar-refractivity contribution in [2.24, 2.45) is 0 Å². The minimum absolute atomic E-state index is 0.0209. The molecule has 0 unspecified atom stereocenters. The monoisotopic (exact) mass is 696 g/mol. The SMILES string of the molecule is CC(C)c1c(C(=O)O)cnc2cc(Cl)nn12.CC(C)c1c(CC(=O)Cc2cnc(-n3nccn3)c(Cl)c2)cnc2cc(Cl)nn12.[2H][2H].[2H][2H].[2H][2H].[2H][2H].[2H][2H].[2H][2H].[2H][2H]. The van der Waals surface area contributed by atoms with Crippen LogP contribution in [0.15, 0.2) is 49.2 Å². The number of carboxylic acids is 1. The number of rotatable bonds is 8. The summed E-state index contributed by atoms with van der Waals surface area (Å²) in [5, 5.41) is 26.5. The number of aromatic carboxylic acids is 1. The fourth-order valence-corrected chi connectivity index (χ4v) is 5.51. The minimum atomic E-state index is -1.01. The second-order valence-corrected chi connectivity index (χ2v) is 11.9. The van der Waals surface area contributed by atoms with E-state index >= 15 is 0 Å². The van der Waals surface area contributed by atoms with Crippen molar-refractivity contribution >= 4 is 57.8 Å². The minimum Gasteiger partial charge on any atom is -0.478 e. The molecule has 0 aliphatic carbocycles. The third kappa shape index (κ3) is 6.95. The Morgan fingerprint density at radius 3 is 1.96 bits per heavy atom. The molecule has 0 saturated carbocycles. The first-order chi connectivity index (χ1) is 28.4. The predicted octanol–water partition coefficient (Wildman–Crippen LogP) is 7.42. The Morgan fingerprint density at radius 1 is 0.822 bits per heavy atom. The first kappa shape index (κ1) is 23.9. The standard InChI is InChI=1S/C19H17Cl2N7O.C10H10ClN3O2.7H2/c1-11(2)18-13(10-22-17-8-16(21)26-27(17)18)7-14(29)5-12-6-15(20)19(23-9-12)28-24-3-4-25-28;1-5(2)9-6(10(15)16)4-12-8-3-7(11)13-14(8)9;;;;;;;/h3-4,6,8-11H,5,7H2,1-2H3;3-5H,1-2H3,(H,15,16);7*1H/i;;7*1+1D. The molecule has 0 atom stereocenters. The molecule has 0 aromatic carbocycles. The smallest absolute Gasteiger partial charge is 0.339 e. The van der Waals surface area contributed by atoms with Crippen LogP contribution in [-0.2, 0) is 17.6 Å². The number of fused-ring (bicyclic) bond motifs is 2. The molecule has 0 fully saturated rings. The number of Topliss-reactive ketones (excluding diaryl/α,β-unsaturated/α-hetero) is 1. The largest absolute Gasteiger partial charge is 0.478 e. The summed E-state index contributed by atoms with van der Waals surface area (Å²) in [6.07, 6.45) is 8.19. The van der Waals surface area contributed by atoms with Crippen molar-refractivity contribution in [3.8, 4) is 5.82 Å². The molecule has 0 bridgehead atoms. The summed E-state index contributed by atoms with van der Waals surface area (Å²) >= 11 is 18.1. The Balaban J connectivity index is -0.000000888. The van der Waals surface area contributed by atoms with Gasteiger partial charge in [-0.1, -0.05) is 62.5 Å². The highest BCUT2D eigenvalue weighted by atomic mass is 35.5. The quantitative estimate of drug-likeness (QED) is 0.170. The molecule has 6 rings (SSSR count). The van der Waals surface area contributed by atoms with E-state index in [1.54, 1.807) is 47.5 Å². The predicted molar refractivity (Wildman–Crippen MR) is 183 cm³/mol. The number of carbonyl (C=O) groups excluding carboxylic acids is 1. The van der Waals surface area contributed by atoms with E-state index in [1.807, 2.05) is 27.7 Å². The van der Waals surface area contributed by atoms with Crippen LogP contribution in [0.2, 0.25) is 15.3 Å². The molecule has 13 nitrogen and oxygen atoms in total. The molecule has 0 aliphatic rings. The first-order valence-corrected chi connectivity index (χ1v) is 14.9. The molecular formula is C29H41Cl3N10O3. The highest BCUT2D eigenvalue weighted by molar-refractivity contribution is 6.32. The van der Waals surface area contributed by atoms with Gasteiger partial charge in [-0.15, -0.1) is 4.80 Å². The number of aromatic nitrogens is 10. The molecule has 0 spiro atoms. The van der Waals surface area contributed by atoms with E-state index in [1.165, 1.54) is 15.5 Å². The van der Waals surface area contributed by atoms with Crippen molar-refractivity contribution in [2.75, 3.05) is 0 Å². The normalized spacial score (nSPS) is 12.6. The number of ketones is 1. The van der Waals surface area contributed by atoms with Gasteiger partial charge in [0.1, 0.15) is 5.78 Å². The summed E-state index contributed by atoms with van der Waals surface area (Å²) in [6.45, 7) is 7.89. The van der Waals surface area contributed by atoms with Gasteiger partial charge in [0.15, 0.2) is 27.4 Å². The van der Waals surface area contributed by atoms with Crippen LogP contribution in [-0.4, -0.2) is 66.0 Å². The number of carbonyl (C=O) groups is 2. The first-order valence-electron chi connectivity index (χ1n) is 20.8. The van der Waals surface area contributed by atoms with E-state index in [0.29, 0.717) is 38.1 Å². The third-order valence-corrected chi connectivity index (χ3v) is 7.31. The van der Waals surface area contributed by atoms with Gasteiger partial charge >= 0.3 is 5.97 Å². The van der Waals surface area contributed by atoms with Gasteiger partial charge in [-0.05, 0) is 29.0 Å². The third-order valence-electron chi connectivity index (χ3n) is 6.66. The van der Waals surface area contributed by atoms with Crippen molar-refractivity contribution in [3.05, 3.63) is 92.6 Å². The highest BCUT2D eigenvalue weighted by Crippen LogP contribution is 2.24. The fourth-order valence-electron chi connectivity index (χ4n) is 4.90. The molecule has 246 valence electrons. The van der Waals surface area contributed by atoms with Gasteiger partial charge in [0.25, 0.3) is 0 Å². The molecule has 6 aromatic rings. The molecule has 6 aromatic heterocycles. The lowest BCUT2D eigenvalue weighted by Crippen LogP contribution is -2.13. The highest BCUT2D eigenvalue weighted by Gasteiger charge is 2.20. The van der Waals surface area contributed by atoms with Crippen LogP contribution in [0, 0.1) is 0 Å². The van der Waals surface area contributed by atoms with Gasteiger partial charge in [-0.25, -0.2) is 28.8 Å². The average molecular weight is 698 g/mol. The van der Waals surface area contributed by atoms with Gasteiger partial charge in [0.2, 0.25) is 0 Å². The van der Waals surface area contributed by atoms with Crippen molar-refractivity contribution < 1.29 is 35.5 Å². The molecule has 0 saturated heterocycles. The number of nitrogens with zero attached hydrogens (tertiary/aromatic N) is 10. The van der Waals surface area contributed by atoms with Gasteiger partial charge in [0.05, 0.1) is 34.4 Å². The molecule has 16 heteroatoms. The Morgan fingerprint density at radius 2 is 1.40 bits per heavy atom. The number of hydrogen-bond donors (Lipinski definition) is 1. The summed E-state index contributed by atoms with van der Waals surface area (Å²) in [4.78, 5) is 37.8. The average Bonchev–Trinajstić information content (AvgIpc) is 4.02. The summed E-state index contributed by atoms with van der Waals surface area (Å²) in [5.41, 5.74) is 4.44. The van der Waals surface area contributed by atoms with E-state index in [4.69, 9.17) is 60.7 Å². The lowest BCUT2D eigenvalue weighted by atomic mass is 9.99. The molecule has 45 heavy (non-hydrogen) atoms. The van der Waals surface area contributed by atoms with Crippen molar-refractivity contribution in [1.29, 1.82) is 0 Å². The molecule has 0 radical (unpaired) electrons. The molecule has 0 aliphatic heterocycles. The van der Waals surface area contributed by atoms with Gasteiger partial charge in [-0.2, -0.15) is 20.4 Å². The summed E-state index contributed by atoms with van der Waals surface area (Å²) in [6, 6.07) is 5.00. The fraction of sp³-hybridized carbons (Fsp3) is 0.276. The van der Waals surface area contributed by atoms with Gasteiger partial charge in [0, 0.05) is 64.4 Å². The van der Waals surface area contributed by atoms with Crippen LogP contribution in [0.4, 0.5) is 0 Å². The van der Waals surface area contributed by atoms with Crippen LogP contribution in [0.1, 0.15) is 93.2 Å². The summed E-state index contributed by atoms with van der Waals surface area (Å²) in [5.74, 6) is -0.400. The zero-order chi connectivity index (χ0) is 46.4. The molecule has 0 amide bonds. The zero-order valence-electron chi connectivity index (χ0n) is 38.6. The van der Waals surface area contributed by atoms with E-state index in [-0.39, 0.29) is 36.0 Å². The number of pyridine rings is 1. The van der Waals surface area contributed by atoms with Crippen LogP contribution in [0.25, 0.3) is 17.1 Å². The Hall–Kier alpha value is -4.46. The lowest BCUT2D eigenvalue weighted by Gasteiger charge is -2.14. The van der Waals surface area contributed by atoms with Crippen molar-refractivity contribution in [3.63, 3.8) is 0 Å². The second-order valence-electron chi connectivity index (χ2n) is 10.7. The van der Waals surface area contributed by atoms with Crippen molar-refractivity contribution in [1.82, 2.24) is 49.2 Å². The lowest BCUT2D eigenvalue weighted by molar-refractivity contribution is -0.117. The van der Waals surface area contributed by atoms with Crippen LogP contribution in [0.5, 0.6) is 0 Å². The van der Waals surface area contributed by atoms with Crippen LogP contribution < -0.4 is 0 Å². The number of hydrogen-bond acceptors (Lipinski definition) is 9. The van der Waals surface area contributed by atoms with Crippen molar-refractivity contribution in [2.45, 2.75) is 52.4 Å². The Labute approximate surface area is 293 Å². The number of halogens is 3. The maximum atomic E-state index is 12.7. The Bertz CT molecular complexity index is 2070. The van der Waals surface area contributed by atoms with Gasteiger partial charge in [-0.3, -0.25) is 4.79 Å². The maximum Gasteiger partial charge on any atom is 0.339 e. The second kappa shape index (κ2) is 13.3. The van der Waals surface area contributed by atoms with Crippen LogP contribution >= 0.6 is 34.8 Å². The molecule has 6 heterocycles. The summed E-state index contributed by atoms with van der Waals surface area (Å²) < 4.78 is 73.2. The number of carboxylic acid groups (broad SMARTS) is 1. The molecule has 1 N–H and O–H groups in total. The van der Waals surface area contributed by atoms with Gasteiger partial charge < -0.3 is 5.11 Å². The van der Waals surface area contributed by atoms with E-state index < -0.39 is 5.97 Å². The molecular weight excluding hydrogens is 643 g/mol. The van der Waals surface area contributed by atoms with E-state index in [0.717, 1.165) is 16.8 Å². The zero-order valence-corrected chi connectivity index (χ0v) is 26.8. The van der Waals surface area contributed by atoms with E-state index in [9.17, 15) is 9.59 Å². The summed E-state index contributed by atoms with van der Waals surface area (Å²) in [7, 11) is 0. The maximum absolute atomic E-state index is 12.7.